The van der Waals surface area contributed by atoms with Crippen LogP contribution in [-0.2, 0) is 4.79 Å². The standard InChI is InChI=1S/C16H21N3OS/c17-8-9-19-16(20)15-7-2-1-4-12(15)11-21-14-6-3-5-13(18)10-14/h3,5-6,10,12,15H,1-2,4,7,9,11,18H2,(H,19,20)/t12-,15+/m0/s1. The second kappa shape index (κ2) is 7.94. The van der Waals surface area contributed by atoms with Crippen LogP contribution in [0.3, 0.4) is 0 Å². The fraction of sp³-hybridized carbons (Fsp3) is 0.500. The van der Waals surface area contributed by atoms with Crippen molar-refractivity contribution in [1.82, 2.24) is 5.32 Å². The van der Waals surface area contributed by atoms with Gasteiger partial charge in [0.25, 0.3) is 0 Å². The predicted molar refractivity (Wildman–Crippen MR) is 85.6 cm³/mol. The smallest absolute Gasteiger partial charge is 0.224 e. The van der Waals surface area contributed by atoms with E-state index < -0.39 is 0 Å². The van der Waals surface area contributed by atoms with Crippen LogP contribution in [0.4, 0.5) is 5.69 Å². The highest BCUT2D eigenvalue weighted by atomic mass is 32.2. The Morgan fingerprint density at radius 3 is 3.00 bits per heavy atom. The van der Waals surface area contributed by atoms with E-state index >= 15 is 0 Å². The molecule has 2 atom stereocenters. The first-order valence-electron chi connectivity index (χ1n) is 7.33. The van der Waals surface area contributed by atoms with Crippen molar-refractivity contribution in [3.8, 4) is 6.07 Å². The van der Waals surface area contributed by atoms with Crippen LogP contribution in [0, 0.1) is 23.2 Å². The number of thioether (sulfide) groups is 1. The minimum atomic E-state index is 0.0365. The molecule has 1 amide bonds. The molecule has 1 aliphatic rings. The van der Waals surface area contributed by atoms with Gasteiger partial charge < -0.3 is 11.1 Å². The van der Waals surface area contributed by atoms with E-state index in [0.717, 1.165) is 35.6 Å². The monoisotopic (exact) mass is 303 g/mol. The quantitative estimate of drug-likeness (QED) is 0.498. The molecule has 5 heteroatoms. The molecule has 0 bridgehead atoms. The number of benzene rings is 1. The third kappa shape index (κ3) is 4.68. The molecule has 0 saturated heterocycles. The van der Waals surface area contributed by atoms with E-state index in [2.05, 4.69) is 11.4 Å². The van der Waals surface area contributed by atoms with Crippen molar-refractivity contribution in [2.24, 2.45) is 11.8 Å². The van der Waals surface area contributed by atoms with Crippen molar-refractivity contribution in [2.45, 2.75) is 30.6 Å². The number of nitriles is 1. The van der Waals surface area contributed by atoms with Gasteiger partial charge in [-0.25, -0.2) is 0 Å². The summed E-state index contributed by atoms with van der Waals surface area (Å²) >= 11 is 1.76. The summed E-state index contributed by atoms with van der Waals surface area (Å²) in [7, 11) is 0. The maximum atomic E-state index is 12.1. The number of nitrogens with zero attached hydrogens (tertiary/aromatic N) is 1. The van der Waals surface area contributed by atoms with Crippen LogP contribution in [-0.4, -0.2) is 18.2 Å². The van der Waals surface area contributed by atoms with Gasteiger partial charge >= 0.3 is 0 Å². The third-order valence-electron chi connectivity index (χ3n) is 3.91. The minimum absolute atomic E-state index is 0.0365. The van der Waals surface area contributed by atoms with Crippen molar-refractivity contribution < 1.29 is 4.79 Å². The van der Waals surface area contributed by atoms with Crippen molar-refractivity contribution >= 4 is 23.4 Å². The van der Waals surface area contributed by atoms with Gasteiger partial charge in [-0.05, 0) is 37.0 Å². The van der Waals surface area contributed by atoms with E-state index in [1.54, 1.807) is 11.8 Å². The molecular formula is C16H21N3OS. The van der Waals surface area contributed by atoms with Gasteiger partial charge in [0.15, 0.2) is 0 Å². The Morgan fingerprint density at radius 2 is 2.24 bits per heavy atom. The van der Waals surface area contributed by atoms with Crippen molar-refractivity contribution in [2.75, 3.05) is 18.0 Å². The third-order valence-corrected chi connectivity index (χ3v) is 5.09. The summed E-state index contributed by atoms with van der Waals surface area (Å²) in [5.74, 6) is 1.38. The van der Waals surface area contributed by atoms with Crippen molar-refractivity contribution in [3.05, 3.63) is 24.3 Å². The van der Waals surface area contributed by atoms with Crippen molar-refractivity contribution in [1.29, 1.82) is 5.26 Å². The van der Waals surface area contributed by atoms with Crippen LogP contribution in [0.1, 0.15) is 25.7 Å². The number of hydrogen-bond acceptors (Lipinski definition) is 4. The zero-order valence-corrected chi connectivity index (χ0v) is 12.9. The number of nitrogens with one attached hydrogen (secondary N) is 1. The molecule has 21 heavy (non-hydrogen) atoms. The van der Waals surface area contributed by atoms with Crippen LogP contribution in [0.2, 0.25) is 0 Å². The molecule has 112 valence electrons. The molecule has 4 nitrogen and oxygen atoms in total. The summed E-state index contributed by atoms with van der Waals surface area (Å²) in [6, 6.07) is 9.82. The molecule has 0 unspecified atom stereocenters. The lowest BCUT2D eigenvalue weighted by Crippen LogP contribution is -2.37. The molecule has 1 aromatic carbocycles. The van der Waals surface area contributed by atoms with Gasteiger partial charge in [0.1, 0.15) is 6.54 Å². The first kappa shape index (κ1) is 15.7. The number of nitrogens with two attached hydrogens (primary N) is 1. The summed E-state index contributed by atoms with van der Waals surface area (Å²) < 4.78 is 0. The lowest BCUT2D eigenvalue weighted by atomic mass is 9.80. The van der Waals surface area contributed by atoms with Crippen LogP contribution < -0.4 is 11.1 Å². The first-order valence-corrected chi connectivity index (χ1v) is 8.32. The van der Waals surface area contributed by atoms with E-state index in [0.29, 0.717) is 5.92 Å². The van der Waals surface area contributed by atoms with Crippen LogP contribution in [0.5, 0.6) is 0 Å². The fourth-order valence-electron chi connectivity index (χ4n) is 2.82. The first-order chi connectivity index (χ1) is 10.2. The number of nitrogen functional groups attached to an aromatic ring is 1. The lowest BCUT2D eigenvalue weighted by molar-refractivity contribution is -0.127. The second-order valence-electron chi connectivity index (χ2n) is 5.41. The van der Waals surface area contributed by atoms with Crippen LogP contribution in [0.15, 0.2) is 29.2 Å². The number of anilines is 1. The highest BCUT2D eigenvalue weighted by Gasteiger charge is 2.30. The Labute approximate surface area is 130 Å². The summed E-state index contributed by atoms with van der Waals surface area (Å²) in [6.45, 7) is 0.102. The van der Waals surface area contributed by atoms with Gasteiger partial charge in [-0.1, -0.05) is 18.9 Å². The van der Waals surface area contributed by atoms with E-state index in [1.165, 1.54) is 6.42 Å². The molecule has 0 spiro atoms. The summed E-state index contributed by atoms with van der Waals surface area (Å²) in [6.07, 6.45) is 4.30. The normalized spacial score (nSPS) is 21.5. The molecule has 1 fully saturated rings. The fourth-order valence-corrected chi connectivity index (χ4v) is 4.02. The van der Waals surface area contributed by atoms with Crippen LogP contribution in [0.25, 0.3) is 0 Å². The predicted octanol–water partition coefficient (Wildman–Crippen LogP) is 2.81. The molecule has 1 aliphatic carbocycles. The summed E-state index contributed by atoms with van der Waals surface area (Å²) in [5, 5.41) is 11.3. The lowest BCUT2D eigenvalue weighted by Gasteiger charge is -2.30. The van der Waals surface area contributed by atoms with Gasteiger partial charge in [-0.15, -0.1) is 11.8 Å². The highest BCUT2D eigenvalue weighted by molar-refractivity contribution is 7.99. The molecule has 0 heterocycles. The number of amides is 1. The largest absolute Gasteiger partial charge is 0.399 e. The molecular weight excluding hydrogens is 282 g/mol. The number of rotatable bonds is 5. The Kier molecular flexibility index (Phi) is 5.94. The SMILES string of the molecule is N#CCNC(=O)[C@@H]1CCCC[C@H]1CSc1cccc(N)c1. The molecule has 0 aliphatic heterocycles. The van der Waals surface area contributed by atoms with E-state index in [9.17, 15) is 4.79 Å². The Balaban J connectivity index is 1.92. The highest BCUT2D eigenvalue weighted by Crippen LogP contribution is 2.34. The zero-order chi connectivity index (χ0) is 15.1. The topological polar surface area (TPSA) is 78.9 Å². The summed E-state index contributed by atoms with van der Waals surface area (Å²) in [5.41, 5.74) is 6.56. The molecule has 0 radical (unpaired) electrons. The molecule has 1 saturated carbocycles. The van der Waals surface area contributed by atoms with Gasteiger partial charge in [-0.2, -0.15) is 5.26 Å². The zero-order valence-electron chi connectivity index (χ0n) is 12.0. The average Bonchev–Trinajstić information content (AvgIpc) is 2.51. The van der Waals surface area contributed by atoms with Gasteiger partial charge in [0, 0.05) is 22.3 Å². The summed E-state index contributed by atoms with van der Waals surface area (Å²) in [4.78, 5) is 13.3. The molecule has 1 aromatic rings. The van der Waals surface area contributed by atoms with E-state index in [-0.39, 0.29) is 18.4 Å². The number of carbonyl (C=O) groups excluding carboxylic acids is 1. The average molecular weight is 303 g/mol. The van der Waals surface area contributed by atoms with Crippen LogP contribution >= 0.6 is 11.8 Å². The molecule has 2 rings (SSSR count). The van der Waals surface area contributed by atoms with Crippen molar-refractivity contribution in [3.63, 3.8) is 0 Å². The minimum Gasteiger partial charge on any atom is -0.399 e. The van der Waals surface area contributed by atoms with Gasteiger partial charge in [0.05, 0.1) is 6.07 Å². The maximum absolute atomic E-state index is 12.1. The maximum Gasteiger partial charge on any atom is 0.224 e. The Morgan fingerprint density at radius 1 is 1.43 bits per heavy atom. The Bertz CT molecular complexity index is 526. The number of carbonyl (C=O) groups is 1. The van der Waals surface area contributed by atoms with E-state index in [4.69, 9.17) is 11.0 Å². The molecule has 3 N–H and O–H groups in total. The molecule has 0 aromatic heterocycles. The van der Waals surface area contributed by atoms with Gasteiger partial charge in [0.2, 0.25) is 5.91 Å². The second-order valence-corrected chi connectivity index (χ2v) is 6.50. The van der Waals surface area contributed by atoms with E-state index in [1.807, 2.05) is 24.3 Å². The number of hydrogen-bond donors (Lipinski definition) is 2. The van der Waals surface area contributed by atoms with Gasteiger partial charge in [-0.3, -0.25) is 4.79 Å². The Hall–Kier alpha value is -1.67.